The Morgan fingerprint density at radius 3 is 2.47 bits per heavy atom. The Bertz CT molecular complexity index is 1130. The van der Waals surface area contributed by atoms with Gasteiger partial charge in [0.25, 0.3) is 0 Å². The van der Waals surface area contributed by atoms with Crippen LogP contribution in [0.25, 0.3) is 0 Å². The summed E-state index contributed by atoms with van der Waals surface area (Å²) in [6, 6.07) is 13.8. The van der Waals surface area contributed by atoms with Gasteiger partial charge in [0.15, 0.2) is 5.78 Å². The Labute approximate surface area is 192 Å². The number of ether oxygens (including phenoxy) is 1. The third kappa shape index (κ3) is 4.22. The number of Topliss-reactive ketones (excluding diaryl/α,β-unsaturated/α-hetero) is 1. The Kier molecular flexibility index (Phi) is 6.20. The van der Waals surface area contributed by atoms with E-state index in [4.69, 9.17) is 16.3 Å². The molecule has 0 saturated carbocycles. The summed E-state index contributed by atoms with van der Waals surface area (Å²) < 4.78 is 20.4. The molecule has 0 amide bonds. The minimum absolute atomic E-state index is 0.0238. The average Bonchev–Trinajstić information content (AvgIpc) is 2.73. The van der Waals surface area contributed by atoms with Crippen molar-refractivity contribution in [2.45, 2.75) is 51.6 Å². The number of halogens is 2. The van der Waals surface area contributed by atoms with Crippen molar-refractivity contribution in [2.24, 2.45) is 0 Å². The molecule has 32 heavy (non-hydrogen) atoms. The second kappa shape index (κ2) is 8.91. The minimum Gasteiger partial charge on any atom is -0.460 e. The molecule has 0 unspecified atom stereocenters. The quantitative estimate of drug-likeness (QED) is 0.595. The maximum atomic E-state index is 14.9. The molecule has 4 rings (SSSR count). The number of hydrogen-bond donors (Lipinski definition) is 1. The van der Waals surface area contributed by atoms with E-state index in [9.17, 15) is 14.0 Å². The van der Waals surface area contributed by atoms with Crippen molar-refractivity contribution < 1.29 is 18.7 Å². The molecule has 2 aliphatic rings. The van der Waals surface area contributed by atoms with Gasteiger partial charge in [0.05, 0.1) is 17.6 Å². The van der Waals surface area contributed by atoms with Gasteiger partial charge >= 0.3 is 5.97 Å². The Hall–Kier alpha value is -2.92. The van der Waals surface area contributed by atoms with Gasteiger partial charge < -0.3 is 10.1 Å². The van der Waals surface area contributed by atoms with Crippen molar-refractivity contribution in [1.82, 2.24) is 5.32 Å². The first-order valence-electron chi connectivity index (χ1n) is 10.7. The molecule has 2 aromatic carbocycles. The van der Waals surface area contributed by atoms with Crippen LogP contribution in [0, 0.1) is 5.82 Å². The number of nitrogens with one attached hydrogen (secondary N) is 1. The largest absolute Gasteiger partial charge is 0.460 e. The fourth-order valence-corrected chi connectivity index (χ4v) is 4.70. The van der Waals surface area contributed by atoms with E-state index in [0.29, 0.717) is 28.3 Å². The maximum absolute atomic E-state index is 14.9. The van der Waals surface area contributed by atoms with Gasteiger partial charge in [-0.25, -0.2) is 9.18 Å². The van der Waals surface area contributed by atoms with Crippen molar-refractivity contribution >= 4 is 23.4 Å². The van der Waals surface area contributed by atoms with Crippen LogP contribution in [0.2, 0.25) is 5.02 Å². The number of benzene rings is 2. The van der Waals surface area contributed by atoms with Gasteiger partial charge in [-0.05, 0) is 56.9 Å². The van der Waals surface area contributed by atoms with Gasteiger partial charge in [0, 0.05) is 34.0 Å². The van der Waals surface area contributed by atoms with E-state index >= 15 is 0 Å². The van der Waals surface area contributed by atoms with Gasteiger partial charge in [-0.15, -0.1) is 0 Å². The van der Waals surface area contributed by atoms with Crippen molar-refractivity contribution in [2.75, 3.05) is 0 Å². The molecular weight excluding hydrogens is 429 g/mol. The number of esters is 1. The van der Waals surface area contributed by atoms with E-state index in [-0.39, 0.29) is 29.8 Å². The molecule has 6 heteroatoms. The first-order chi connectivity index (χ1) is 15.3. The number of carbonyl (C=O) groups is 2. The molecule has 1 aliphatic carbocycles. The normalized spacial score (nSPS) is 20.9. The van der Waals surface area contributed by atoms with E-state index in [1.807, 2.05) is 24.3 Å². The molecule has 2 aromatic rings. The zero-order chi connectivity index (χ0) is 23.0. The van der Waals surface area contributed by atoms with Crippen LogP contribution in [0.15, 0.2) is 71.1 Å². The Morgan fingerprint density at radius 1 is 1.12 bits per heavy atom. The fraction of sp³-hybridized carbons (Fsp3) is 0.308. The predicted molar refractivity (Wildman–Crippen MR) is 122 cm³/mol. The summed E-state index contributed by atoms with van der Waals surface area (Å²) in [5.41, 5.74) is 3.35. The molecule has 0 saturated heterocycles. The summed E-state index contributed by atoms with van der Waals surface area (Å²) in [5.74, 6) is -1.94. The lowest BCUT2D eigenvalue weighted by molar-refractivity contribution is -0.143. The van der Waals surface area contributed by atoms with Crippen molar-refractivity contribution in [3.05, 3.63) is 93.0 Å². The first-order valence-corrected chi connectivity index (χ1v) is 11.1. The monoisotopic (exact) mass is 453 g/mol. The Balaban J connectivity index is 1.80. The van der Waals surface area contributed by atoms with Crippen LogP contribution < -0.4 is 5.32 Å². The van der Waals surface area contributed by atoms with Crippen molar-refractivity contribution in [3.8, 4) is 0 Å². The average molecular weight is 454 g/mol. The zero-order valence-corrected chi connectivity index (χ0v) is 19.0. The molecule has 0 radical (unpaired) electrons. The van der Waals surface area contributed by atoms with Crippen LogP contribution in [-0.4, -0.2) is 17.9 Å². The third-order valence-electron chi connectivity index (χ3n) is 5.95. The van der Waals surface area contributed by atoms with Gasteiger partial charge in [0.2, 0.25) is 0 Å². The lowest BCUT2D eigenvalue weighted by Crippen LogP contribution is -2.36. The number of hydrogen-bond acceptors (Lipinski definition) is 4. The number of dihydropyridines is 1. The van der Waals surface area contributed by atoms with E-state index in [1.165, 1.54) is 6.07 Å². The minimum atomic E-state index is -0.808. The lowest BCUT2D eigenvalue weighted by atomic mass is 9.71. The highest BCUT2D eigenvalue weighted by atomic mass is 35.5. The molecule has 0 bridgehead atoms. The van der Waals surface area contributed by atoms with Crippen LogP contribution in [-0.2, 0) is 14.3 Å². The molecule has 2 atom stereocenters. The topological polar surface area (TPSA) is 55.4 Å². The standard InChI is InChI=1S/C26H25ClFNO3/c1-14(2)32-26(31)23-15(3)29-21-12-17(16-8-10-18(27)11-9-16)13-22(30)25(21)24(23)19-6-4-5-7-20(19)28/h4-11,14,17,24,29H,12-13H2,1-3H3/t17-,24+/m0/s1. The highest BCUT2D eigenvalue weighted by molar-refractivity contribution is 6.30. The summed E-state index contributed by atoms with van der Waals surface area (Å²) >= 11 is 6.02. The van der Waals surface area contributed by atoms with Gasteiger partial charge in [-0.2, -0.15) is 0 Å². The summed E-state index contributed by atoms with van der Waals surface area (Å²) in [6.07, 6.45) is 0.520. The fourth-order valence-electron chi connectivity index (χ4n) is 4.58. The number of ketones is 1. The van der Waals surface area contributed by atoms with Gasteiger partial charge in [-0.3, -0.25) is 4.79 Å². The summed E-state index contributed by atoms with van der Waals surface area (Å²) in [4.78, 5) is 26.5. The zero-order valence-electron chi connectivity index (χ0n) is 18.2. The third-order valence-corrected chi connectivity index (χ3v) is 6.20. The first kappa shape index (κ1) is 22.3. The van der Waals surface area contributed by atoms with Crippen LogP contribution in [0.5, 0.6) is 0 Å². The molecule has 1 aliphatic heterocycles. The van der Waals surface area contributed by atoms with E-state index in [0.717, 1.165) is 11.3 Å². The molecule has 0 fully saturated rings. The van der Waals surface area contributed by atoms with Crippen molar-refractivity contribution in [1.29, 1.82) is 0 Å². The molecule has 1 N–H and O–H groups in total. The lowest BCUT2D eigenvalue weighted by Gasteiger charge is -2.37. The molecule has 0 spiro atoms. The molecule has 0 aromatic heterocycles. The number of allylic oxidation sites excluding steroid dienone is 3. The maximum Gasteiger partial charge on any atom is 0.337 e. The molecule has 1 heterocycles. The molecule has 4 nitrogen and oxygen atoms in total. The Morgan fingerprint density at radius 2 is 1.81 bits per heavy atom. The smallest absolute Gasteiger partial charge is 0.337 e. The van der Waals surface area contributed by atoms with E-state index < -0.39 is 17.7 Å². The second-order valence-corrected chi connectivity index (χ2v) is 8.98. The highest BCUT2D eigenvalue weighted by Gasteiger charge is 2.42. The second-order valence-electron chi connectivity index (χ2n) is 8.54. The van der Waals surface area contributed by atoms with Crippen LogP contribution >= 0.6 is 11.6 Å². The van der Waals surface area contributed by atoms with E-state index in [1.54, 1.807) is 39.0 Å². The number of rotatable bonds is 4. The van der Waals surface area contributed by atoms with Crippen LogP contribution in [0.1, 0.15) is 56.6 Å². The van der Waals surface area contributed by atoms with Gasteiger partial charge in [0.1, 0.15) is 5.82 Å². The van der Waals surface area contributed by atoms with Crippen molar-refractivity contribution in [3.63, 3.8) is 0 Å². The predicted octanol–water partition coefficient (Wildman–Crippen LogP) is 5.79. The molecule has 166 valence electrons. The SMILES string of the molecule is CC1=C(C(=O)OC(C)C)[C@@H](c2ccccc2F)C2=C(C[C@H](c3ccc(Cl)cc3)CC2=O)N1. The summed E-state index contributed by atoms with van der Waals surface area (Å²) in [7, 11) is 0. The summed E-state index contributed by atoms with van der Waals surface area (Å²) in [6.45, 7) is 5.29. The highest BCUT2D eigenvalue weighted by Crippen LogP contribution is 2.46. The van der Waals surface area contributed by atoms with Crippen LogP contribution in [0.4, 0.5) is 4.39 Å². The van der Waals surface area contributed by atoms with E-state index in [2.05, 4.69) is 5.32 Å². The van der Waals surface area contributed by atoms with Crippen LogP contribution in [0.3, 0.4) is 0 Å². The molecular formula is C26H25ClFNO3. The van der Waals surface area contributed by atoms with Gasteiger partial charge in [-0.1, -0.05) is 41.9 Å². The number of carbonyl (C=O) groups excluding carboxylic acids is 2. The summed E-state index contributed by atoms with van der Waals surface area (Å²) in [5, 5.41) is 3.91.